The second-order valence-corrected chi connectivity index (χ2v) is 5.38. The van der Waals surface area contributed by atoms with Crippen LogP contribution in [0.2, 0.25) is 0 Å². The smallest absolute Gasteiger partial charge is 0.0856 e. The van der Waals surface area contributed by atoms with E-state index in [1.165, 1.54) is 12.8 Å². The minimum atomic E-state index is 0.463. The fraction of sp³-hybridized carbons (Fsp3) is 0.647. The first-order valence-electron chi connectivity index (χ1n) is 7.63. The number of hydrazine groups is 1. The standard InChI is InChI=1S/C17H31FN2/c1-6-8-14-20(16(3)4)19(7-2)13-11-9-10-12-17(5)15-18/h7,9,11,15-16H,2,6,8,10,12-14H2,1,3-5H3/b11-9+,17-15+. The van der Waals surface area contributed by atoms with Crippen molar-refractivity contribution in [3.05, 3.63) is 36.8 Å². The van der Waals surface area contributed by atoms with Crippen molar-refractivity contribution in [2.24, 2.45) is 0 Å². The molecule has 0 fully saturated rings. The van der Waals surface area contributed by atoms with Gasteiger partial charge in [-0.3, -0.25) is 0 Å². The quantitative estimate of drug-likeness (QED) is 0.386. The zero-order chi connectivity index (χ0) is 15.4. The number of allylic oxidation sites excluding steroid dienone is 2. The first-order chi connectivity index (χ1) is 9.56. The molecular weight excluding hydrogens is 251 g/mol. The van der Waals surface area contributed by atoms with Crippen molar-refractivity contribution in [2.75, 3.05) is 13.1 Å². The highest BCUT2D eigenvalue weighted by molar-refractivity contribution is 4.96. The van der Waals surface area contributed by atoms with Gasteiger partial charge < -0.3 is 5.01 Å². The lowest BCUT2D eigenvalue weighted by atomic mass is 10.2. The largest absolute Gasteiger partial charge is 0.310 e. The van der Waals surface area contributed by atoms with E-state index in [0.29, 0.717) is 12.4 Å². The Morgan fingerprint density at radius 1 is 1.30 bits per heavy atom. The summed E-state index contributed by atoms with van der Waals surface area (Å²) in [6.45, 7) is 14.2. The highest BCUT2D eigenvalue weighted by Gasteiger charge is 2.13. The molecule has 0 aliphatic heterocycles. The van der Waals surface area contributed by atoms with E-state index in [-0.39, 0.29) is 0 Å². The summed E-state index contributed by atoms with van der Waals surface area (Å²) in [5.74, 6) is 0. The number of unbranched alkanes of at least 4 members (excludes halogenated alkanes) is 1. The average molecular weight is 282 g/mol. The van der Waals surface area contributed by atoms with Gasteiger partial charge in [-0.15, -0.1) is 0 Å². The molecule has 0 bridgehead atoms. The van der Waals surface area contributed by atoms with Crippen molar-refractivity contribution < 1.29 is 4.39 Å². The highest BCUT2D eigenvalue weighted by atomic mass is 19.1. The summed E-state index contributed by atoms with van der Waals surface area (Å²) in [7, 11) is 0. The highest BCUT2D eigenvalue weighted by Crippen LogP contribution is 2.09. The third kappa shape index (κ3) is 8.16. The molecule has 0 radical (unpaired) electrons. The number of hydrogen-bond acceptors (Lipinski definition) is 2. The third-order valence-electron chi connectivity index (χ3n) is 3.23. The van der Waals surface area contributed by atoms with Crippen molar-refractivity contribution in [2.45, 2.75) is 59.4 Å². The monoisotopic (exact) mass is 282 g/mol. The van der Waals surface area contributed by atoms with E-state index in [1.54, 1.807) is 0 Å². The third-order valence-corrected chi connectivity index (χ3v) is 3.23. The lowest BCUT2D eigenvalue weighted by Crippen LogP contribution is -2.44. The Morgan fingerprint density at radius 2 is 2.00 bits per heavy atom. The van der Waals surface area contributed by atoms with E-state index < -0.39 is 0 Å². The van der Waals surface area contributed by atoms with Crippen LogP contribution in [0.4, 0.5) is 4.39 Å². The van der Waals surface area contributed by atoms with Crippen molar-refractivity contribution in [3.63, 3.8) is 0 Å². The fourth-order valence-electron chi connectivity index (χ4n) is 1.95. The van der Waals surface area contributed by atoms with Crippen LogP contribution in [0.1, 0.15) is 53.4 Å². The molecule has 2 nitrogen and oxygen atoms in total. The van der Waals surface area contributed by atoms with Crippen LogP contribution < -0.4 is 0 Å². The molecule has 0 amide bonds. The van der Waals surface area contributed by atoms with Crippen LogP contribution in [0.15, 0.2) is 36.8 Å². The Bertz CT molecular complexity index is 308. The van der Waals surface area contributed by atoms with Crippen LogP contribution in [-0.2, 0) is 0 Å². The molecule has 0 rings (SSSR count). The van der Waals surface area contributed by atoms with Gasteiger partial charge >= 0.3 is 0 Å². The summed E-state index contributed by atoms with van der Waals surface area (Å²) in [4.78, 5) is 0. The maximum Gasteiger partial charge on any atom is 0.0856 e. The predicted molar refractivity (Wildman–Crippen MR) is 86.9 cm³/mol. The molecule has 20 heavy (non-hydrogen) atoms. The molecule has 0 unspecified atom stereocenters. The number of nitrogens with zero attached hydrogens (tertiary/aromatic N) is 2. The van der Waals surface area contributed by atoms with Crippen LogP contribution in [0.3, 0.4) is 0 Å². The van der Waals surface area contributed by atoms with Crippen LogP contribution in [0.5, 0.6) is 0 Å². The van der Waals surface area contributed by atoms with Crippen molar-refractivity contribution in [1.82, 2.24) is 10.0 Å². The molecule has 0 N–H and O–H groups in total. The molecule has 0 aromatic rings. The zero-order valence-corrected chi connectivity index (χ0v) is 13.6. The SMILES string of the molecule is C=CN(C/C=C/CC/C(C)=C/F)N(CCCC)C(C)C. The lowest BCUT2D eigenvalue weighted by molar-refractivity contribution is 0.000278. The number of rotatable bonds is 11. The van der Waals surface area contributed by atoms with Crippen molar-refractivity contribution in [3.8, 4) is 0 Å². The molecule has 0 heterocycles. The second kappa shape index (κ2) is 11.7. The molecule has 0 saturated heterocycles. The van der Waals surface area contributed by atoms with Gasteiger partial charge in [-0.05, 0) is 45.6 Å². The van der Waals surface area contributed by atoms with Gasteiger partial charge in [0.1, 0.15) is 0 Å². The molecule has 116 valence electrons. The number of hydrogen-bond donors (Lipinski definition) is 0. The van der Waals surface area contributed by atoms with Gasteiger partial charge in [0.2, 0.25) is 0 Å². The Hall–Kier alpha value is -1.09. The summed E-state index contributed by atoms with van der Waals surface area (Å²) in [6.07, 6.45) is 10.9. The van der Waals surface area contributed by atoms with E-state index in [0.717, 1.165) is 31.5 Å². The Morgan fingerprint density at radius 3 is 2.50 bits per heavy atom. The Balaban J connectivity index is 4.29. The minimum absolute atomic E-state index is 0.463. The second-order valence-electron chi connectivity index (χ2n) is 5.38. The maximum absolute atomic E-state index is 12.2. The van der Waals surface area contributed by atoms with Crippen LogP contribution in [-0.4, -0.2) is 29.1 Å². The van der Waals surface area contributed by atoms with Gasteiger partial charge in [0, 0.05) is 18.8 Å². The summed E-state index contributed by atoms with van der Waals surface area (Å²) in [5, 5.41) is 4.50. The van der Waals surface area contributed by atoms with Crippen LogP contribution >= 0.6 is 0 Å². The molecule has 0 aliphatic rings. The summed E-state index contributed by atoms with van der Waals surface area (Å²) in [6, 6.07) is 0.463. The van der Waals surface area contributed by atoms with Gasteiger partial charge in [0.15, 0.2) is 0 Å². The van der Waals surface area contributed by atoms with Crippen LogP contribution in [0, 0.1) is 0 Å². The van der Waals surface area contributed by atoms with Gasteiger partial charge in [0.05, 0.1) is 12.9 Å². The molecule has 0 aliphatic carbocycles. The molecule has 0 atom stereocenters. The summed E-state index contributed by atoms with van der Waals surface area (Å²) >= 11 is 0. The molecule has 0 saturated carbocycles. The first-order valence-corrected chi connectivity index (χ1v) is 7.63. The van der Waals surface area contributed by atoms with E-state index in [1.807, 2.05) is 13.1 Å². The number of halogens is 1. The maximum atomic E-state index is 12.2. The van der Waals surface area contributed by atoms with Gasteiger partial charge in [-0.25, -0.2) is 9.40 Å². The van der Waals surface area contributed by atoms with Gasteiger partial charge in [0.25, 0.3) is 0 Å². The van der Waals surface area contributed by atoms with E-state index in [4.69, 9.17) is 0 Å². The summed E-state index contributed by atoms with van der Waals surface area (Å²) < 4.78 is 12.2. The summed E-state index contributed by atoms with van der Waals surface area (Å²) in [5.41, 5.74) is 0.793. The zero-order valence-electron chi connectivity index (χ0n) is 13.6. The van der Waals surface area contributed by atoms with E-state index in [2.05, 4.69) is 49.5 Å². The van der Waals surface area contributed by atoms with Crippen molar-refractivity contribution >= 4 is 0 Å². The predicted octanol–water partition coefficient (Wildman–Crippen LogP) is 5.07. The Kier molecular flexibility index (Phi) is 11.1. The van der Waals surface area contributed by atoms with E-state index >= 15 is 0 Å². The molecule has 0 aromatic carbocycles. The topological polar surface area (TPSA) is 6.48 Å². The molecule has 0 spiro atoms. The first kappa shape index (κ1) is 18.9. The molecular formula is C17H31FN2. The van der Waals surface area contributed by atoms with Crippen molar-refractivity contribution in [1.29, 1.82) is 0 Å². The average Bonchev–Trinajstić information content (AvgIpc) is 2.44. The Labute approximate surface area is 124 Å². The van der Waals surface area contributed by atoms with Gasteiger partial charge in [-0.2, -0.15) is 0 Å². The molecule has 0 aromatic heterocycles. The van der Waals surface area contributed by atoms with Crippen LogP contribution in [0.25, 0.3) is 0 Å². The molecule has 3 heteroatoms. The van der Waals surface area contributed by atoms with Gasteiger partial charge in [-0.1, -0.05) is 32.1 Å². The lowest BCUT2D eigenvalue weighted by Gasteiger charge is -2.36. The fourth-order valence-corrected chi connectivity index (χ4v) is 1.95. The minimum Gasteiger partial charge on any atom is -0.310 e. The normalized spacial score (nSPS) is 12.7. The van der Waals surface area contributed by atoms with E-state index in [9.17, 15) is 4.39 Å².